The van der Waals surface area contributed by atoms with Crippen LogP contribution in [0.3, 0.4) is 0 Å². The fourth-order valence-corrected chi connectivity index (χ4v) is 6.82. The molecule has 4 atom stereocenters. The van der Waals surface area contributed by atoms with Crippen molar-refractivity contribution in [1.29, 1.82) is 0 Å². The number of allylic oxidation sites excluding steroid dienone is 1. The number of nitrogens with one attached hydrogen (secondary N) is 3. The van der Waals surface area contributed by atoms with E-state index in [-0.39, 0.29) is 38.9 Å². The van der Waals surface area contributed by atoms with Crippen molar-refractivity contribution in [3.63, 3.8) is 0 Å². The highest BCUT2D eigenvalue weighted by Gasteiger charge is 2.47. The van der Waals surface area contributed by atoms with E-state index in [9.17, 15) is 36.8 Å². The van der Waals surface area contributed by atoms with E-state index < -0.39 is 75.3 Å². The van der Waals surface area contributed by atoms with Gasteiger partial charge in [-0.3, -0.25) is 19.3 Å². The Bertz CT molecular complexity index is 1650. The average molecular weight is 737 g/mol. The monoisotopic (exact) mass is 736 g/mol. The third-order valence-electron chi connectivity index (χ3n) is 9.07. The maximum absolute atomic E-state index is 14.4. The summed E-state index contributed by atoms with van der Waals surface area (Å²) in [5.41, 5.74) is -1.66. The number of hydrogen-bond acceptors (Lipinski definition) is 9. The van der Waals surface area contributed by atoms with Crippen LogP contribution >= 0.6 is 0 Å². The van der Waals surface area contributed by atoms with Gasteiger partial charge >= 0.3 is 22.4 Å². The van der Waals surface area contributed by atoms with Gasteiger partial charge in [0.2, 0.25) is 11.8 Å². The van der Waals surface area contributed by atoms with Crippen molar-refractivity contribution in [1.82, 2.24) is 29.5 Å². The summed E-state index contributed by atoms with van der Waals surface area (Å²) in [7, 11) is -1.74. The molecule has 0 unspecified atom stereocenters. The lowest BCUT2D eigenvalue weighted by Crippen LogP contribution is -2.62. The number of nitrogens with zero attached hydrogens (tertiary/aromatic N) is 3. The first kappa shape index (κ1) is 39.5. The molecular formula is C34H49FN6O9S. The molecule has 1 aromatic carbocycles. The van der Waals surface area contributed by atoms with E-state index in [1.165, 1.54) is 36.0 Å². The number of fused-ring (bicyclic) bond motifs is 2. The Hall–Kier alpha value is -4.25. The molecule has 3 heterocycles. The van der Waals surface area contributed by atoms with Crippen molar-refractivity contribution in [3.8, 4) is 0 Å². The van der Waals surface area contributed by atoms with E-state index in [1.54, 1.807) is 45.9 Å². The van der Waals surface area contributed by atoms with Crippen LogP contribution in [0.25, 0.3) is 0 Å². The van der Waals surface area contributed by atoms with Gasteiger partial charge in [0, 0.05) is 32.6 Å². The van der Waals surface area contributed by atoms with Crippen molar-refractivity contribution in [2.75, 3.05) is 20.6 Å². The summed E-state index contributed by atoms with van der Waals surface area (Å²) in [6.07, 6.45) is 2.92. The van der Waals surface area contributed by atoms with Crippen molar-refractivity contribution in [2.45, 2.75) is 115 Å². The summed E-state index contributed by atoms with van der Waals surface area (Å²) < 4.78 is 53.7. The highest BCUT2D eigenvalue weighted by Crippen LogP contribution is 2.29. The molecule has 3 aliphatic rings. The zero-order valence-electron chi connectivity index (χ0n) is 30.0. The summed E-state index contributed by atoms with van der Waals surface area (Å²) in [6, 6.07) is 2.19. The lowest BCUT2D eigenvalue weighted by Gasteiger charge is -2.34. The van der Waals surface area contributed by atoms with E-state index in [4.69, 9.17) is 9.47 Å². The van der Waals surface area contributed by atoms with Crippen LogP contribution < -0.4 is 15.4 Å². The van der Waals surface area contributed by atoms with Gasteiger partial charge in [0.25, 0.3) is 5.91 Å². The average Bonchev–Trinajstić information content (AvgIpc) is 3.67. The summed E-state index contributed by atoms with van der Waals surface area (Å²) >= 11 is 0. The fraction of sp³-hybridized carbons (Fsp3) is 0.618. The number of rotatable bonds is 6. The number of hydrogen-bond donors (Lipinski definition) is 3. The Balaban J connectivity index is 1.65. The van der Waals surface area contributed by atoms with E-state index in [1.807, 2.05) is 4.72 Å². The van der Waals surface area contributed by atoms with Crippen molar-refractivity contribution < 1.29 is 46.3 Å². The maximum Gasteiger partial charge on any atom is 0.410 e. The van der Waals surface area contributed by atoms with Gasteiger partial charge in [0.05, 0.1) is 13.1 Å². The predicted octanol–water partition coefficient (Wildman–Crippen LogP) is 2.85. The second-order valence-electron chi connectivity index (χ2n) is 14.3. The van der Waals surface area contributed by atoms with Crippen LogP contribution in [-0.2, 0) is 47.2 Å². The lowest BCUT2D eigenvalue weighted by molar-refractivity contribution is -0.141. The zero-order valence-corrected chi connectivity index (χ0v) is 30.8. The normalized spacial score (nSPS) is 25.3. The molecule has 1 aromatic rings. The molecule has 0 aliphatic carbocycles. The molecule has 15 nitrogen and oxygen atoms in total. The number of ether oxygens (including phenoxy) is 2. The van der Waals surface area contributed by atoms with Crippen LogP contribution in [0.5, 0.6) is 0 Å². The minimum Gasteiger partial charge on any atom is -0.444 e. The molecular weight excluding hydrogens is 687 g/mol. The molecule has 5 amide bonds. The van der Waals surface area contributed by atoms with Crippen LogP contribution in [-0.4, -0.2) is 102 Å². The Morgan fingerprint density at radius 2 is 1.84 bits per heavy atom. The van der Waals surface area contributed by atoms with Crippen molar-refractivity contribution >= 4 is 40.1 Å². The maximum atomic E-state index is 14.4. The van der Waals surface area contributed by atoms with E-state index in [2.05, 4.69) is 10.6 Å². The molecule has 0 aromatic heterocycles. The Labute approximate surface area is 298 Å². The number of amides is 5. The standard InChI is InChI=1S/C34H49FN6O9S/c1-7-34(30(44)38-51(47,48)39(5)6)17-12-10-8-9-11-16-26(36-31(45)50-33(2,3)4)29(43)41-20-23(18-27(41)28(42)37-34)49-32(46)40-19-22-14-13-15-25(35)24(22)21-40/h12-15,17,23,26-27H,7-11,16,18-21H2,1-6H3,(H,36,45)(H,37,42)(H,38,44)/b17-12-/t23-,26+,27+,34-/m1/s1. The smallest absolute Gasteiger partial charge is 0.410 e. The minimum absolute atomic E-state index is 0.0156. The summed E-state index contributed by atoms with van der Waals surface area (Å²) in [5.74, 6) is -2.86. The molecule has 0 saturated carbocycles. The van der Waals surface area contributed by atoms with Gasteiger partial charge < -0.3 is 25.0 Å². The van der Waals surface area contributed by atoms with Crippen LogP contribution in [0.1, 0.15) is 83.8 Å². The summed E-state index contributed by atoms with van der Waals surface area (Å²) in [4.78, 5) is 70.8. The summed E-state index contributed by atoms with van der Waals surface area (Å²) in [5, 5.41) is 5.35. The zero-order chi connectivity index (χ0) is 37.7. The van der Waals surface area contributed by atoms with Crippen LogP contribution in [0, 0.1) is 5.82 Å². The number of halogens is 1. The first-order valence-corrected chi connectivity index (χ1v) is 18.6. The van der Waals surface area contributed by atoms with Gasteiger partial charge in [0.15, 0.2) is 0 Å². The predicted molar refractivity (Wildman–Crippen MR) is 183 cm³/mol. The number of alkyl carbamates (subject to hydrolysis) is 1. The number of benzene rings is 1. The minimum atomic E-state index is -4.24. The quantitative estimate of drug-likeness (QED) is 0.370. The molecule has 17 heteroatoms. The molecule has 4 rings (SSSR count). The van der Waals surface area contributed by atoms with Gasteiger partial charge in [-0.05, 0) is 58.1 Å². The summed E-state index contributed by atoms with van der Waals surface area (Å²) in [6.45, 7) is 6.53. The third kappa shape index (κ3) is 9.75. The lowest BCUT2D eigenvalue weighted by atomic mass is 9.92. The highest BCUT2D eigenvalue weighted by molar-refractivity contribution is 7.87. The molecule has 3 aliphatic heterocycles. The molecule has 1 fully saturated rings. The van der Waals surface area contributed by atoms with E-state index in [0.717, 1.165) is 4.31 Å². The molecule has 0 spiro atoms. The fourth-order valence-electron chi connectivity index (χ4n) is 6.22. The molecule has 0 bridgehead atoms. The second kappa shape index (κ2) is 16.0. The topological polar surface area (TPSA) is 184 Å². The molecule has 51 heavy (non-hydrogen) atoms. The van der Waals surface area contributed by atoms with Gasteiger partial charge in [-0.15, -0.1) is 0 Å². The molecule has 3 N–H and O–H groups in total. The Morgan fingerprint density at radius 3 is 2.49 bits per heavy atom. The van der Waals surface area contributed by atoms with E-state index >= 15 is 0 Å². The SMILES string of the molecule is CC[C@]1(C(=O)NS(=O)(=O)N(C)C)/C=C\CCCCC[C@H](NC(=O)OC(C)(C)C)C(=O)N2C[C@H](OC(=O)N3Cc4cccc(F)c4C3)C[C@H]2C(=O)N1. The van der Waals surface area contributed by atoms with Gasteiger partial charge in [-0.2, -0.15) is 12.7 Å². The van der Waals surface area contributed by atoms with Gasteiger partial charge in [-0.25, -0.2) is 18.7 Å². The first-order chi connectivity index (χ1) is 23.9. The van der Waals surface area contributed by atoms with Crippen LogP contribution in [0.2, 0.25) is 0 Å². The largest absolute Gasteiger partial charge is 0.444 e. The molecule has 282 valence electrons. The van der Waals surface area contributed by atoms with Crippen LogP contribution in [0.4, 0.5) is 14.0 Å². The Morgan fingerprint density at radius 1 is 1.12 bits per heavy atom. The van der Waals surface area contributed by atoms with Gasteiger partial charge in [-0.1, -0.05) is 44.1 Å². The van der Waals surface area contributed by atoms with E-state index in [0.29, 0.717) is 36.8 Å². The van der Waals surface area contributed by atoms with Crippen molar-refractivity contribution in [3.05, 3.63) is 47.3 Å². The highest BCUT2D eigenvalue weighted by atomic mass is 32.2. The molecule has 0 radical (unpaired) electrons. The number of carbonyl (C=O) groups excluding carboxylic acids is 5. The Kier molecular flexibility index (Phi) is 12.4. The van der Waals surface area contributed by atoms with Crippen molar-refractivity contribution in [2.24, 2.45) is 0 Å². The second-order valence-corrected chi connectivity index (χ2v) is 16.1. The first-order valence-electron chi connectivity index (χ1n) is 17.1. The molecule has 1 saturated heterocycles. The van der Waals surface area contributed by atoms with Crippen LogP contribution in [0.15, 0.2) is 30.4 Å². The third-order valence-corrected chi connectivity index (χ3v) is 10.5. The number of carbonyl (C=O) groups is 5. The van der Waals surface area contributed by atoms with Gasteiger partial charge in [0.1, 0.15) is 35.1 Å².